The number of carbonyl (C=O) groups excluding carboxylic acids is 1. The predicted molar refractivity (Wildman–Crippen MR) is 82.6 cm³/mol. The van der Waals surface area contributed by atoms with Crippen LogP contribution in [0.4, 0.5) is 0 Å². The van der Waals surface area contributed by atoms with E-state index in [1.54, 1.807) is 6.92 Å². The summed E-state index contributed by atoms with van der Waals surface area (Å²) in [7, 11) is 0. The number of fused-ring (bicyclic) bond motifs is 1. The molecule has 0 unspecified atom stereocenters. The monoisotopic (exact) mass is 292 g/mol. The van der Waals surface area contributed by atoms with E-state index in [9.17, 15) is 9.59 Å². The fourth-order valence-corrected chi connectivity index (χ4v) is 3.06. The number of Topliss-reactive ketones (excluding diaryl/α,β-unsaturated/α-hetero) is 1. The van der Waals surface area contributed by atoms with Crippen LogP contribution in [0.25, 0.3) is 10.2 Å². The van der Waals surface area contributed by atoms with Gasteiger partial charge in [0.1, 0.15) is 10.7 Å². The minimum atomic E-state index is -0.458. The van der Waals surface area contributed by atoms with Gasteiger partial charge in [-0.25, -0.2) is 4.98 Å². The summed E-state index contributed by atoms with van der Waals surface area (Å²) in [6.07, 6.45) is 0. The van der Waals surface area contributed by atoms with E-state index in [0.717, 1.165) is 15.3 Å². The summed E-state index contributed by atoms with van der Waals surface area (Å²) >= 11 is 1.53. The number of rotatable bonds is 2. The average molecular weight is 292 g/mol. The van der Waals surface area contributed by atoms with Crippen LogP contribution in [0, 0.1) is 26.2 Å². The van der Waals surface area contributed by atoms with Gasteiger partial charge in [-0.3, -0.25) is 14.2 Å². The lowest BCUT2D eigenvalue weighted by molar-refractivity contribution is -0.127. The summed E-state index contributed by atoms with van der Waals surface area (Å²) in [6, 6.07) is 0. The summed E-state index contributed by atoms with van der Waals surface area (Å²) < 4.78 is 1.50. The fourth-order valence-electron chi connectivity index (χ4n) is 2.00. The topological polar surface area (TPSA) is 52.0 Å². The standard InChI is InChI=1S/C15H20N2O2S/c1-8-9(2)20-13-12(8)14(19)17(10(3)16-13)7-11(18)15(4,5)6/h7H2,1-6H3. The zero-order chi connectivity index (χ0) is 15.2. The van der Waals surface area contributed by atoms with Crippen molar-refractivity contribution in [3.63, 3.8) is 0 Å². The minimum Gasteiger partial charge on any atom is -0.297 e. The smallest absolute Gasteiger partial charge is 0.262 e. The number of hydrogen-bond donors (Lipinski definition) is 0. The van der Waals surface area contributed by atoms with E-state index < -0.39 is 5.41 Å². The van der Waals surface area contributed by atoms with Gasteiger partial charge in [0.2, 0.25) is 0 Å². The van der Waals surface area contributed by atoms with Crippen molar-refractivity contribution in [3.05, 3.63) is 26.6 Å². The number of ketones is 1. The van der Waals surface area contributed by atoms with Gasteiger partial charge in [-0.05, 0) is 26.3 Å². The second kappa shape index (κ2) is 4.81. The lowest BCUT2D eigenvalue weighted by Gasteiger charge is -2.18. The largest absolute Gasteiger partial charge is 0.297 e. The molecule has 5 heteroatoms. The Kier molecular flexibility index (Phi) is 3.58. The molecule has 20 heavy (non-hydrogen) atoms. The molecule has 0 N–H and O–H groups in total. The third kappa shape index (κ3) is 2.42. The maximum atomic E-state index is 12.6. The van der Waals surface area contributed by atoms with Crippen molar-refractivity contribution >= 4 is 27.3 Å². The third-order valence-electron chi connectivity index (χ3n) is 3.62. The highest BCUT2D eigenvalue weighted by atomic mass is 32.1. The third-order valence-corrected chi connectivity index (χ3v) is 4.72. The molecule has 0 amide bonds. The van der Waals surface area contributed by atoms with Crippen molar-refractivity contribution in [2.45, 2.75) is 48.1 Å². The number of hydrogen-bond acceptors (Lipinski definition) is 4. The van der Waals surface area contributed by atoms with Crippen LogP contribution in [-0.2, 0) is 11.3 Å². The second-order valence-electron chi connectivity index (χ2n) is 6.19. The molecule has 0 radical (unpaired) electrons. The second-order valence-corrected chi connectivity index (χ2v) is 7.39. The van der Waals surface area contributed by atoms with Crippen LogP contribution in [0.15, 0.2) is 4.79 Å². The Morgan fingerprint density at radius 2 is 1.85 bits per heavy atom. The Hall–Kier alpha value is -1.49. The SMILES string of the molecule is Cc1sc2nc(C)n(CC(=O)C(C)(C)C)c(=O)c2c1C. The maximum absolute atomic E-state index is 12.6. The van der Waals surface area contributed by atoms with E-state index in [1.165, 1.54) is 15.9 Å². The summed E-state index contributed by atoms with van der Waals surface area (Å²) in [5, 5.41) is 0.653. The fraction of sp³-hybridized carbons (Fsp3) is 0.533. The van der Waals surface area contributed by atoms with Crippen molar-refractivity contribution in [1.29, 1.82) is 0 Å². The van der Waals surface area contributed by atoms with Crippen molar-refractivity contribution < 1.29 is 4.79 Å². The molecule has 0 fully saturated rings. The average Bonchev–Trinajstić information content (AvgIpc) is 2.58. The maximum Gasteiger partial charge on any atom is 0.262 e. The number of aromatic nitrogens is 2. The highest BCUT2D eigenvalue weighted by Gasteiger charge is 2.23. The molecular weight excluding hydrogens is 272 g/mol. The van der Waals surface area contributed by atoms with Gasteiger partial charge in [0.05, 0.1) is 11.9 Å². The van der Waals surface area contributed by atoms with Crippen LogP contribution in [0.3, 0.4) is 0 Å². The van der Waals surface area contributed by atoms with Gasteiger partial charge in [0.15, 0.2) is 5.78 Å². The van der Waals surface area contributed by atoms with Crippen LogP contribution >= 0.6 is 11.3 Å². The van der Waals surface area contributed by atoms with Crippen molar-refractivity contribution in [2.75, 3.05) is 0 Å². The Morgan fingerprint density at radius 3 is 2.40 bits per heavy atom. The first-order valence-corrected chi connectivity index (χ1v) is 7.45. The molecule has 0 atom stereocenters. The summed E-state index contributed by atoms with van der Waals surface area (Å²) in [5.74, 6) is 0.634. The first-order chi connectivity index (χ1) is 9.12. The molecule has 0 aliphatic carbocycles. The van der Waals surface area contributed by atoms with Crippen molar-refractivity contribution in [2.24, 2.45) is 5.41 Å². The van der Waals surface area contributed by atoms with Crippen molar-refractivity contribution in [3.8, 4) is 0 Å². The molecule has 4 nitrogen and oxygen atoms in total. The zero-order valence-electron chi connectivity index (χ0n) is 12.8. The van der Waals surface area contributed by atoms with E-state index in [2.05, 4.69) is 4.98 Å². The predicted octanol–water partition coefficient (Wildman–Crippen LogP) is 3.00. The Labute approximate surface area is 122 Å². The molecule has 0 aromatic carbocycles. The van der Waals surface area contributed by atoms with E-state index in [-0.39, 0.29) is 17.9 Å². The Bertz CT molecular complexity index is 748. The van der Waals surface area contributed by atoms with E-state index >= 15 is 0 Å². The van der Waals surface area contributed by atoms with Crippen LogP contribution in [-0.4, -0.2) is 15.3 Å². The molecule has 2 heterocycles. The Balaban J connectivity index is 2.63. The summed E-state index contributed by atoms with van der Waals surface area (Å²) in [6.45, 7) is 11.4. The molecule has 0 spiro atoms. The zero-order valence-corrected chi connectivity index (χ0v) is 13.6. The number of aryl methyl sites for hydroxylation is 3. The molecule has 108 valence electrons. The number of nitrogens with zero attached hydrogens (tertiary/aromatic N) is 2. The van der Waals surface area contributed by atoms with Gasteiger partial charge in [0, 0.05) is 10.3 Å². The van der Waals surface area contributed by atoms with E-state index in [4.69, 9.17) is 0 Å². The van der Waals surface area contributed by atoms with Gasteiger partial charge in [0.25, 0.3) is 5.56 Å². The van der Waals surface area contributed by atoms with Crippen LogP contribution in [0.2, 0.25) is 0 Å². The van der Waals surface area contributed by atoms with E-state index in [1.807, 2.05) is 34.6 Å². The van der Waals surface area contributed by atoms with E-state index in [0.29, 0.717) is 11.2 Å². The van der Waals surface area contributed by atoms with Crippen molar-refractivity contribution in [1.82, 2.24) is 9.55 Å². The Morgan fingerprint density at radius 1 is 1.25 bits per heavy atom. The first-order valence-electron chi connectivity index (χ1n) is 6.63. The summed E-state index contributed by atoms with van der Waals surface area (Å²) in [5.41, 5.74) is 0.409. The first kappa shape index (κ1) is 14.9. The summed E-state index contributed by atoms with van der Waals surface area (Å²) in [4.78, 5) is 31.2. The molecule has 0 saturated carbocycles. The molecule has 2 aromatic rings. The number of carbonyl (C=O) groups is 1. The molecular formula is C15H20N2O2S. The molecule has 0 aliphatic heterocycles. The van der Waals surface area contributed by atoms with Crippen LogP contribution < -0.4 is 5.56 Å². The van der Waals surface area contributed by atoms with Gasteiger partial charge in [-0.1, -0.05) is 20.8 Å². The molecule has 2 aromatic heterocycles. The molecule has 0 aliphatic rings. The van der Waals surface area contributed by atoms with Gasteiger partial charge >= 0.3 is 0 Å². The normalized spacial score (nSPS) is 12.1. The quantitative estimate of drug-likeness (QED) is 0.855. The van der Waals surface area contributed by atoms with Gasteiger partial charge in [-0.2, -0.15) is 0 Å². The highest BCUT2D eigenvalue weighted by molar-refractivity contribution is 7.18. The van der Waals surface area contributed by atoms with Gasteiger partial charge < -0.3 is 0 Å². The molecule has 0 bridgehead atoms. The van der Waals surface area contributed by atoms with Gasteiger partial charge in [-0.15, -0.1) is 11.3 Å². The van der Waals surface area contributed by atoms with Crippen LogP contribution in [0.5, 0.6) is 0 Å². The lowest BCUT2D eigenvalue weighted by Crippen LogP contribution is -2.32. The molecule has 0 saturated heterocycles. The molecule has 2 rings (SSSR count). The minimum absolute atomic E-state index is 0.0356. The highest BCUT2D eigenvalue weighted by Crippen LogP contribution is 2.26. The van der Waals surface area contributed by atoms with Crippen LogP contribution in [0.1, 0.15) is 37.0 Å². The number of thiophene rings is 1. The lowest BCUT2D eigenvalue weighted by atomic mass is 9.91.